The second kappa shape index (κ2) is 6.16. The highest BCUT2D eigenvalue weighted by Crippen LogP contribution is 2.33. The minimum absolute atomic E-state index is 0.0753. The fourth-order valence-corrected chi connectivity index (χ4v) is 3.64. The molecule has 0 spiro atoms. The molecule has 0 bridgehead atoms. The molecule has 1 fully saturated rings. The van der Waals surface area contributed by atoms with Crippen LogP contribution in [-0.4, -0.2) is 57.3 Å². The summed E-state index contributed by atoms with van der Waals surface area (Å²) in [5.41, 5.74) is -1.59. The standard InChI is InChI=1S/C18H25N3O3/c1-17(16(23)19-14-7-3-6-11-21(14)17)13-15(22)20(2)12-10-18(24)8-4-5-9-18/h3,6-7,11,24H,4-5,8-10,12-13H2,1-2H3. The lowest BCUT2D eigenvalue weighted by Gasteiger charge is -2.34. The lowest BCUT2D eigenvalue weighted by Crippen LogP contribution is -2.50. The third-order valence-electron chi connectivity index (χ3n) is 5.41. The van der Waals surface area contributed by atoms with Crippen LogP contribution in [0.15, 0.2) is 29.4 Å². The van der Waals surface area contributed by atoms with Gasteiger partial charge in [-0.05, 0) is 38.3 Å². The first-order valence-corrected chi connectivity index (χ1v) is 8.58. The Labute approximate surface area is 142 Å². The summed E-state index contributed by atoms with van der Waals surface area (Å²) >= 11 is 0. The largest absolute Gasteiger partial charge is 0.390 e. The first-order chi connectivity index (χ1) is 11.3. The van der Waals surface area contributed by atoms with Crippen molar-refractivity contribution in [2.75, 3.05) is 13.6 Å². The Morgan fingerprint density at radius 2 is 2.08 bits per heavy atom. The zero-order chi connectivity index (χ0) is 17.4. The quantitative estimate of drug-likeness (QED) is 0.831. The van der Waals surface area contributed by atoms with Gasteiger partial charge in [0.05, 0.1) is 12.0 Å². The molecule has 130 valence electrons. The number of amides is 2. The number of hydrogen-bond donors (Lipinski definition) is 1. The predicted molar refractivity (Wildman–Crippen MR) is 91.3 cm³/mol. The van der Waals surface area contributed by atoms with Gasteiger partial charge in [-0.3, -0.25) is 9.59 Å². The Morgan fingerprint density at radius 3 is 2.79 bits per heavy atom. The van der Waals surface area contributed by atoms with Crippen molar-refractivity contribution >= 4 is 17.6 Å². The molecular formula is C18H25N3O3. The van der Waals surface area contributed by atoms with E-state index in [1.54, 1.807) is 36.0 Å². The number of fused-ring (bicyclic) bond motifs is 1. The second-order valence-corrected chi connectivity index (χ2v) is 7.29. The highest BCUT2D eigenvalue weighted by Gasteiger charge is 2.47. The fourth-order valence-electron chi connectivity index (χ4n) is 3.64. The van der Waals surface area contributed by atoms with Crippen LogP contribution in [0.1, 0.15) is 45.4 Å². The SMILES string of the molecule is CN(CCC1(O)CCCC1)C(=O)CC1(C)C(=O)N=C2C=CC=CN21. The summed E-state index contributed by atoms with van der Waals surface area (Å²) in [5, 5.41) is 10.4. The molecule has 2 aliphatic heterocycles. The monoisotopic (exact) mass is 331 g/mol. The van der Waals surface area contributed by atoms with Gasteiger partial charge in [0.2, 0.25) is 5.91 Å². The fraction of sp³-hybridized carbons (Fsp3) is 0.611. The maximum absolute atomic E-state index is 12.6. The smallest absolute Gasteiger partial charge is 0.274 e. The molecule has 24 heavy (non-hydrogen) atoms. The molecule has 3 rings (SSSR count). The van der Waals surface area contributed by atoms with Crippen molar-refractivity contribution in [3.8, 4) is 0 Å². The number of amidine groups is 1. The average Bonchev–Trinajstić information content (AvgIpc) is 3.09. The number of carbonyl (C=O) groups is 2. The number of allylic oxidation sites excluding steroid dienone is 2. The molecule has 1 atom stereocenters. The van der Waals surface area contributed by atoms with Crippen LogP contribution in [0.5, 0.6) is 0 Å². The molecule has 0 saturated heterocycles. The highest BCUT2D eigenvalue weighted by atomic mass is 16.3. The summed E-state index contributed by atoms with van der Waals surface area (Å²) in [6.07, 6.45) is 11.6. The lowest BCUT2D eigenvalue weighted by atomic mass is 9.94. The number of aliphatic hydroxyl groups is 1. The van der Waals surface area contributed by atoms with Crippen LogP contribution in [0.25, 0.3) is 0 Å². The molecule has 1 saturated carbocycles. The Morgan fingerprint density at radius 1 is 1.38 bits per heavy atom. The Balaban J connectivity index is 1.60. The molecule has 0 aromatic carbocycles. The Kier molecular flexibility index (Phi) is 4.34. The summed E-state index contributed by atoms with van der Waals surface area (Å²) in [7, 11) is 1.73. The number of nitrogens with zero attached hydrogens (tertiary/aromatic N) is 3. The van der Waals surface area contributed by atoms with E-state index < -0.39 is 11.1 Å². The normalized spacial score (nSPS) is 27.4. The third kappa shape index (κ3) is 3.02. The van der Waals surface area contributed by atoms with Crippen molar-refractivity contribution in [2.45, 2.75) is 56.6 Å². The van der Waals surface area contributed by atoms with E-state index in [4.69, 9.17) is 0 Å². The molecule has 2 heterocycles. The molecule has 0 aromatic heterocycles. The van der Waals surface area contributed by atoms with Crippen LogP contribution in [0.3, 0.4) is 0 Å². The van der Waals surface area contributed by atoms with E-state index in [0.29, 0.717) is 18.8 Å². The molecule has 6 nitrogen and oxygen atoms in total. The Bertz CT molecular complexity index is 631. The molecule has 1 unspecified atom stereocenters. The van der Waals surface area contributed by atoms with Crippen molar-refractivity contribution in [1.29, 1.82) is 0 Å². The van der Waals surface area contributed by atoms with Gasteiger partial charge in [0.15, 0.2) is 0 Å². The molecule has 0 radical (unpaired) electrons. The van der Waals surface area contributed by atoms with Crippen LogP contribution in [0.4, 0.5) is 0 Å². The molecular weight excluding hydrogens is 306 g/mol. The van der Waals surface area contributed by atoms with Gasteiger partial charge in [-0.15, -0.1) is 0 Å². The number of aliphatic imine (C=N–C) groups is 1. The van der Waals surface area contributed by atoms with Crippen LogP contribution < -0.4 is 0 Å². The molecule has 3 aliphatic rings. The summed E-state index contributed by atoms with van der Waals surface area (Å²) in [5.74, 6) is 0.192. The lowest BCUT2D eigenvalue weighted by molar-refractivity contribution is -0.137. The third-order valence-corrected chi connectivity index (χ3v) is 5.41. The minimum atomic E-state index is -0.966. The van der Waals surface area contributed by atoms with Gasteiger partial charge in [-0.1, -0.05) is 18.9 Å². The van der Waals surface area contributed by atoms with Gasteiger partial charge in [0.25, 0.3) is 5.91 Å². The number of hydrogen-bond acceptors (Lipinski definition) is 4. The van der Waals surface area contributed by atoms with Crippen molar-refractivity contribution in [3.05, 3.63) is 24.4 Å². The van der Waals surface area contributed by atoms with E-state index in [9.17, 15) is 14.7 Å². The maximum atomic E-state index is 12.6. The molecule has 1 aliphatic carbocycles. The first kappa shape index (κ1) is 16.9. The van der Waals surface area contributed by atoms with Crippen molar-refractivity contribution in [1.82, 2.24) is 9.80 Å². The number of rotatable bonds is 5. The van der Waals surface area contributed by atoms with Gasteiger partial charge in [-0.25, -0.2) is 0 Å². The zero-order valence-corrected chi connectivity index (χ0v) is 14.4. The van der Waals surface area contributed by atoms with Gasteiger partial charge in [0.1, 0.15) is 11.4 Å². The maximum Gasteiger partial charge on any atom is 0.274 e. The summed E-state index contributed by atoms with van der Waals surface area (Å²) in [6.45, 7) is 2.26. The van der Waals surface area contributed by atoms with E-state index >= 15 is 0 Å². The van der Waals surface area contributed by atoms with Crippen LogP contribution in [-0.2, 0) is 9.59 Å². The molecule has 1 N–H and O–H groups in total. The predicted octanol–water partition coefficient (Wildman–Crippen LogP) is 1.61. The molecule has 2 amide bonds. The average molecular weight is 331 g/mol. The van der Waals surface area contributed by atoms with E-state index in [1.165, 1.54) is 0 Å². The van der Waals surface area contributed by atoms with Crippen LogP contribution in [0.2, 0.25) is 0 Å². The topological polar surface area (TPSA) is 73.2 Å². The summed E-state index contributed by atoms with van der Waals surface area (Å²) < 4.78 is 0. The van der Waals surface area contributed by atoms with E-state index in [-0.39, 0.29) is 18.2 Å². The number of carbonyl (C=O) groups excluding carboxylic acids is 2. The molecule has 6 heteroatoms. The van der Waals surface area contributed by atoms with E-state index in [1.807, 2.05) is 12.2 Å². The summed E-state index contributed by atoms with van der Waals surface area (Å²) in [4.78, 5) is 32.4. The molecule has 0 aromatic rings. The van der Waals surface area contributed by atoms with Crippen LogP contribution in [0, 0.1) is 0 Å². The van der Waals surface area contributed by atoms with Gasteiger partial charge in [0, 0.05) is 19.8 Å². The zero-order valence-electron chi connectivity index (χ0n) is 14.4. The van der Waals surface area contributed by atoms with Gasteiger partial charge in [-0.2, -0.15) is 4.99 Å². The van der Waals surface area contributed by atoms with Crippen molar-refractivity contribution < 1.29 is 14.7 Å². The van der Waals surface area contributed by atoms with Crippen molar-refractivity contribution in [3.63, 3.8) is 0 Å². The van der Waals surface area contributed by atoms with Gasteiger partial charge < -0.3 is 14.9 Å². The summed E-state index contributed by atoms with van der Waals surface area (Å²) in [6, 6.07) is 0. The first-order valence-electron chi connectivity index (χ1n) is 8.58. The van der Waals surface area contributed by atoms with Gasteiger partial charge >= 0.3 is 0 Å². The minimum Gasteiger partial charge on any atom is -0.390 e. The van der Waals surface area contributed by atoms with Crippen LogP contribution >= 0.6 is 0 Å². The van der Waals surface area contributed by atoms with Crippen molar-refractivity contribution in [2.24, 2.45) is 4.99 Å². The Hall–Kier alpha value is -1.95. The van der Waals surface area contributed by atoms with E-state index in [0.717, 1.165) is 25.7 Å². The second-order valence-electron chi connectivity index (χ2n) is 7.29. The van der Waals surface area contributed by atoms with E-state index in [2.05, 4.69) is 4.99 Å². The highest BCUT2D eigenvalue weighted by molar-refractivity contribution is 6.13.